The van der Waals surface area contributed by atoms with Crippen LogP contribution in [-0.2, 0) is 9.53 Å². The molecule has 0 unspecified atom stereocenters. The van der Waals surface area contributed by atoms with E-state index in [0.717, 1.165) is 55.3 Å². The number of methoxy groups -OCH3 is 1. The molecule has 1 aliphatic carbocycles. The molecule has 4 rings (SSSR count). The zero-order valence-corrected chi connectivity index (χ0v) is 18.2. The quantitative estimate of drug-likeness (QED) is 0.616. The molecule has 3 heterocycles. The molecular formula is C24H35N3O3. The minimum Gasteiger partial charge on any atom is -0.464 e. The average Bonchev–Trinajstić information content (AvgIpc) is 3.27. The van der Waals surface area contributed by atoms with Gasteiger partial charge in [-0.2, -0.15) is 0 Å². The average molecular weight is 414 g/mol. The van der Waals surface area contributed by atoms with Crippen molar-refractivity contribution in [3.8, 4) is 0 Å². The van der Waals surface area contributed by atoms with E-state index in [4.69, 9.17) is 9.15 Å². The molecular weight excluding hydrogens is 378 g/mol. The predicted molar refractivity (Wildman–Crippen MR) is 119 cm³/mol. The number of piperazine rings is 1. The molecule has 2 fully saturated rings. The molecule has 0 bridgehead atoms. The van der Waals surface area contributed by atoms with Crippen molar-refractivity contribution in [2.75, 3.05) is 51.3 Å². The topological polar surface area (TPSA) is 58.8 Å². The van der Waals surface area contributed by atoms with E-state index in [1.54, 1.807) is 13.4 Å². The number of ketones is 1. The Labute approximate surface area is 179 Å². The summed E-state index contributed by atoms with van der Waals surface area (Å²) in [6.45, 7) is 5.99. The van der Waals surface area contributed by atoms with Crippen LogP contribution in [0.25, 0.3) is 11.0 Å². The fourth-order valence-electron chi connectivity index (χ4n) is 5.04. The minimum atomic E-state index is 0.374. The lowest BCUT2D eigenvalue weighted by atomic mass is 9.78. The summed E-state index contributed by atoms with van der Waals surface area (Å²) in [6, 6.07) is 3.95. The number of pyridine rings is 1. The number of nitrogens with zero attached hydrogens (tertiary/aromatic N) is 3. The Morgan fingerprint density at radius 2 is 1.90 bits per heavy atom. The standard InChI is InChI=1S/C24H35N3O3/c1-29-16-8-21(28)18-20-4-2-19(3-5-20)7-11-26-12-14-27(15-13-26)24-22-9-17-30-23(22)6-10-25-24/h6,9-10,17,19-20H,2-5,7-8,11-16,18H2,1H3. The maximum atomic E-state index is 12.0. The van der Waals surface area contributed by atoms with E-state index < -0.39 is 0 Å². The van der Waals surface area contributed by atoms with E-state index in [9.17, 15) is 4.79 Å². The molecule has 164 valence electrons. The largest absolute Gasteiger partial charge is 0.464 e. The van der Waals surface area contributed by atoms with Gasteiger partial charge in [-0.3, -0.25) is 9.69 Å². The molecule has 2 aromatic rings. The smallest absolute Gasteiger partial charge is 0.139 e. The van der Waals surface area contributed by atoms with Gasteiger partial charge in [-0.1, -0.05) is 12.8 Å². The van der Waals surface area contributed by atoms with Gasteiger partial charge in [-0.05, 0) is 49.8 Å². The van der Waals surface area contributed by atoms with Crippen molar-refractivity contribution in [3.63, 3.8) is 0 Å². The molecule has 0 amide bonds. The van der Waals surface area contributed by atoms with Gasteiger partial charge in [0, 0.05) is 52.3 Å². The van der Waals surface area contributed by atoms with Crippen LogP contribution < -0.4 is 4.90 Å². The number of Topliss-reactive ketones (excluding diaryl/α,β-unsaturated/α-hetero) is 1. The molecule has 1 aliphatic heterocycles. The van der Waals surface area contributed by atoms with Crippen LogP contribution >= 0.6 is 0 Å². The van der Waals surface area contributed by atoms with E-state index >= 15 is 0 Å². The van der Waals surface area contributed by atoms with Crippen molar-refractivity contribution in [2.24, 2.45) is 11.8 Å². The van der Waals surface area contributed by atoms with Gasteiger partial charge in [0.2, 0.25) is 0 Å². The van der Waals surface area contributed by atoms with Gasteiger partial charge in [0.25, 0.3) is 0 Å². The van der Waals surface area contributed by atoms with Crippen LogP contribution in [0.1, 0.15) is 44.9 Å². The number of fused-ring (bicyclic) bond motifs is 1. The molecule has 0 aromatic carbocycles. The molecule has 0 radical (unpaired) electrons. The van der Waals surface area contributed by atoms with Gasteiger partial charge in [0.15, 0.2) is 0 Å². The van der Waals surface area contributed by atoms with Crippen LogP contribution in [0, 0.1) is 11.8 Å². The summed E-state index contributed by atoms with van der Waals surface area (Å²) in [4.78, 5) is 21.6. The monoisotopic (exact) mass is 413 g/mol. The highest BCUT2D eigenvalue weighted by Gasteiger charge is 2.25. The predicted octanol–water partition coefficient (Wildman–Crippen LogP) is 4.14. The van der Waals surface area contributed by atoms with E-state index in [2.05, 4.69) is 14.8 Å². The lowest BCUT2D eigenvalue weighted by Gasteiger charge is -2.36. The van der Waals surface area contributed by atoms with E-state index in [-0.39, 0.29) is 0 Å². The molecule has 2 aromatic heterocycles. The molecule has 0 atom stereocenters. The van der Waals surface area contributed by atoms with Crippen molar-refractivity contribution in [1.29, 1.82) is 0 Å². The SMILES string of the molecule is COCCC(=O)CC1CCC(CCN2CCN(c3nccc4occc34)CC2)CC1. The molecule has 2 aliphatic rings. The Bertz CT molecular complexity index is 805. The zero-order valence-electron chi connectivity index (χ0n) is 18.2. The number of hydrogen-bond acceptors (Lipinski definition) is 6. The molecule has 1 saturated heterocycles. The summed E-state index contributed by atoms with van der Waals surface area (Å²) < 4.78 is 10.5. The highest BCUT2D eigenvalue weighted by atomic mass is 16.5. The lowest BCUT2D eigenvalue weighted by molar-refractivity contribution is -0.121. The summed E-state index contributed by atoms with van der Waals surface area (Å²) in [5, 5.41) is 1.11. The van der Waals surface area contributed by atoms with Crippen LogP contribution in [0.15, 0.2) is 29.0 Å². The van der Waals surface area contributed by atoms with Crippen molar-refractivity contribution < 1.29 is 13.9 Å². The van der Waals surface area contributed by atoms with Gasteiger partial charge in [0.1, 0.15) is 17.2 Å². The molecule has 0 spiro atoms. The Balaban J connectivity index is 1.15. The molecule has 6 nitrogen and oxygen atoms in total. The second-order valence-corrected chi connectivity index (χ2v) is 8.96. The molecule has 30 heavy (non-hydrogen) atoms. The highest BCUT2D eigenvalue weighted by molar-refractivity contribution is 5.88. The summed E-state index contributed by atoms with van der Waals surface area (Å²) >= 11 is 0. The van der Waals surface area contributed by atoms with Crippen LogP contribution in [0.3, 0.4) is 0 Å². The number of carbonyl (C=O) groups excluding carboxylic acids is 1. The summed E-state index contributed by atoms with van der Waals surface area (Å²) in [7, 11) is 1.66. The number of ether oxygens (including phenoxy) is 1. The van der Waals surface area contributed by atoms with E-state index in [1.165, 1.54) is 38.6 Å². The number of carbonyl (C=O) groups is 1. The van der Waals surface area contributed by atoms with Crippen molar-refractivity contribution in [2.45, 2.75) is 44.9 Å². The normalized spacial score (nSPS) is 23.2. The van der Waals surface area contributed by atoms with E-state index in [1.807, 2.05) is 18.3 Å². The second-order valence-electron chi connectivity index (χ2n) is 8.96. The first kappa shape index (κ1) is 21.3. The van der Waals surface area contributed by atoms with Crippen LogP contribution in [0.2, 0.25) is 0 Å². The Morgan fingerprint density at radius 3 is 2.67 bits per heavy atom. The summed E-state index contributed by atoms with van der Waals surface area (Å²) in [5.41, 5.74) is 0.915. The Hall–Kier alpha value is -1.92. The fraction of sp³-hybridized carbons (Fsp3) is 0.667. The summed E-state index contributed by atoms with van der Waals surface area (Å²) in [6.07, 6.45) is 11.2. The highest BCUT2D eigenvalue weighted by Crippen LogP contribution is 2.33. The maximum Gasteiger partial charge on any atom is 0.139 e. The number of furan rings is 1. The third-order valence-electron chi connectivity index (χ3n) is 6.95. The molecule has 0 N–H and O–H groups in total. The third kappa shape index (κ3) is 5.41. The second kappa shape index (κ2) is 10.4. The van der Waals surface area contributed by atoms with Gasteiger partial charge in [0.05, 0.1) is 18.3 Å². The van der Waals surface area contributed by atoms with Gasteiger partial charge in [-0.25, -0.2) is 4.98 Å². The first-order valence-electron chi connectivity index (χ1n) is 11.5. The first-order valence-corrected chi connectivity index (χ1v) is 11.5. The van der Waals surface area contributed by atoms with Gasteiger partial charge < -0.3 is 14.1 Å². The van der Waals surface area contributed by atoms with E-state index in [0.29, 0.717) is 24.7 Å². The van der Waals surface area contributed by atoms with Gasteiger partial charge in [-0.15, -0.1) is 0 Å². The number of hydrogen-bond donors (Lipinski definition) is 0. The number of anilines is 1. The minimum absolute atomic E-state index is 0.374. The van der Waals surface area contributed by atoms with Crippen molar-refractivity contribution in [1.82, 2.24) is 9.88 Å². The Kier molecular flexibility index (Phi) is 7.39. The fourth-order valence-corrected chi connectivity index (χ4v) is 5.04. The Morgan fingerprint density at radius 1 is 1.13 bits per heavy atom. The number of aromatic nitrogens is 1. The van der Waals surface area contributed by atoms with Crippen molar-refractivity contribution in [3.05, 3.63) is 24.6 Å². The molecule has 6 heteroatoms. The summed E-state index contributed by atoms with van der Waals surface area (Å²) in [5.74, 6) is 2.86. The third-order valence-corrected chi connectivity index (χ3v) is 6.95. The van der Waals surface area contributed by atoms with Crippen molar-refractivity contribution >= 4 is 22.6 Å². The lowest BCUT2D eigenvalue weighted by Crippen LogP contribution is -2.47. The number of rotatable bonds is 9. The van der Waals surface area contributed by atoms with Crippen LogP contribution in [0.5, 0.6) is 0 Å². The van der Waals surface area contributed by atoms with Gasteiger partial charge >= 0.3 is 0 Å². The molecule has 1 saturated carbocycles. The maximum absolute atomic E-state index is 12.0. The van der Waals surface area contributed by atoms with Crippen LogP contribution in [-0.4, -0.2) is 62.1 Å². The zero-order chi connectivity index (χ0) is 20.8. The first-order chi connectivity index (χ1) is 14.7. The van der Waals surface area contributed by atoms with Crippen LogP contribution in [0.4, 0.5) is 5.82 Å².